The van der Waals surface area contributed by atoms with Crippen molar-refractivity contribution in [1.82, 2.24) is 10.3 Å². The van der Waals surface area contributed by atoms with Gasteiger partial charge in [0.2, 0.25) is 0 Å². The normalized spacial score (nSPS) is 11.0. The Morgan fingerprint density at radius 3 is 2.09 bits per heavy atom. The largest absolute Gasteiger partial charge is 0.346 e. The SMILES string of the molecule is CC(C)(C)NC(=O)c1cccc(C(=O)Nc2ccc(Br)cc2)n1. The molecule has 1 aromatic heterocycles. The number of aromatic nitrogens is 1. The zero-order valence-electron chi connectivity index (χ0n) is 13.2. The first kappa shape index (κ1) is 17.1. The van der Waals surface area contributed by atoms with E-state index in [0.29, 0.717) is 5.69 Å². The zero-order chi connectivity index (χ0) is 17.0. The lowest BCUT2D eigenvalue weighted by atomic mass is 10.1. The van der Waals surface area contributed by atoms with Crippen molar-refractivity contribution in [3.05, 3.63) is 58.3 Å². The lowest BCUT2D eigenvalue weighted by Gasteiger charge is -2.20. The van der Waals surface area contributed by atoms with Crippen LogP contribution in [0.1, 0.15) is 41.7 Å². The smallest absolute Gasteiger partial charge is 0.274 e. The van der Waals surface area contributed by atoms with Crippen molar-refractivity contribution in [2.45, 2.75) is 26.3 Å². The van der Waals surface area contributed by atoms with Crippen molar-refractivity contribution < 1.29 is 9.59 Å². The predicted molar refractivity (Wildman–Crippen MR) is 93.6 cm³/mol. The van der Waals surface area contributed by atoms with Gasteiger partial charge in [0.25, 0.3) is 11.8 Å². The fraction of sp³-hybridized carbons (Fsp3) is 0.235. The summed E-state index contributed by atoms with van der Waals surface area (Å²) in [6, 6.07) is 12.0. The van der Waals surface area contributed by atoms with E-state index >= 15 is 0 Å². The number of carbonyl (C=O) groups excluding carboxylic acids is 2. The number of rotatable bonds is 3. The minimum Gasteiger partial charge on any atom is -0.346 e. The first-order chi connectivity index (χ1) is 10.7. The van der Waals surface area contributed by atoms with Gasteiger partial charge in [0.1, 0.15) is 11.4 Å². The van der Waals surface area contributed by atoms with Crippen LogP contribution in [0, 0.1) is 0 Å². The van der Waals surface area contributed by atoms with E-state index in [9.17, 15) is 9.59 Å². The molecule has 0 unspecified atom stereocenters. The Bertz CT molecular complexity index is 721. The lowest BCUT2D eigenvalue weighted by molar-refractivity contribution is 0.0914. The van der Waals surface area contributed by atoms with Crippen LogP contribution in [-0.4, -0.2) is 22.3 Å². The molecule has 1 aromatic carbocycles. The van der Waals surface area contributed by atoms with Crippen LogP contribution in [0.2, 0.25) is 0 Å². The van der Waals surface area contributed by atoms with Crippen LogP contribution >= 0.6 is 15.9 Å². The summed E-state index contributed by atoms with van der Waals surface area (Å²) >= 11 is 3.34. The van der Waals surface area contributed by atoms with Gasteiger partial charge in [-0.25, -0.2) is 4.98 Å². The van der Waals surface area contributed by atoms with E-state index in [1.807, 2.05) is 32.9 Å². The maximum atomic E-state index is 12.2. The molecule has 0 saturated heterocycles. The van der Waals surface area contributed by atoms with E-state index < -0.39 is 0 Å². The molecule has 0 radical (unpaired) electrons. The second kappa shape index (κ2) is 6.91. The molecule has 23 heavy (non-hydrogen) atoms. The van der Waals surface area contributed by atoms with Crippen LogP contribution in [0.15, 0.2) is 46.9 Å². The van der Waals surface area contributed by atoms with E-state index in [-0.39, 0.29) is 28.7 Å². The van der Waals surface area contributed by atoms with Gasteiger partial charge in [-0.15, -0.1) is 0 Å². The Morgan fingerprint density at radius 1 is 0.957 bits per heavy atom. The number of carbonyl (C=O) groups is 2. The Hall–Kier alpha value is -2.21. The highest BCUT2D eigenvalue weighted by Gasteiger charge is 2.17. The minimum atomic E-state index is -0.367. The summed E-state index contributed by atoms with van der Waals surface area (Å²) in [5.74, 6) is -0.673. The van der Waals surface area contributed by atoms with Gasteiger partial charge in [0.05, 0.1) is 0 Å². The van der Waals surface area contributed by atoms with E-state index in [0.717, 1.165) is 4.47 Å². The number of benzene rings is 1. The molecule has 2 amide bonds. The Labute approximate surface area is 143 Å². The predicted octanol–water partition coefficient (Wildman–Crippen LogP) is 3.62. The Balaban J connectivity index is 2.14. The van der Waals surface area contributed by atoms with E-state index in [2.05, 4.69) is 31.5 Å². The third-order valence-electron chi connectivity index (χ3n) is 2.80. The summed E-state index contributed by atoms with van der Waals surface area (Å²) in [7, 11) is 0. The van der Waals surface area contributed by atoms with E-state index in [4.69, 9.17) is 0 Å². The average Bonchev–Trinajstić information content (AvgIpc) is 2.48. The second-order valence-corrected chi connectivity index (χ2v) is 6.99. The van der Waals surface area contributed by atoms with Gasteiger partial charge in [-0.1, -0.05) is 22.0 Å². The summed E-state index contributed by atoms with van der Waals surface area (Å²) in [6.45, 7) is 5.65. The average molecular weight is 376 g/mol. The van der Waals surface area contributed by atoms with Crippen molar-refractivity contribution in [1.29, 1.82) is 0 Å². The number of halogens is 1. The molecule has 5 nitrogen and oxygen atoms in total. The summed E-state index contributed by atoms with van der Waals surface area (Å²) < 4.78 is 0.925. The number of hydrogen-bond donors (Lipinski definition) is 2. The topological polar surface area (TPSA) is 71.1 Å². The first-order valence-corrected chi connectivity index (χ1v) is 7.90. The highest BCUT2D eigenvalue weighted by molar-refractivity contribution is 9.10. The van der Waals surface area contributed by atoms with Crippen molar-refractivity contribution in [3.8, 4) is 0 Å². The second-order valence-electron chi connectivity index (χ2n) is 6.07. The van der Waals surface area contributed by atoms with Gasteiger partial charge >= 0.3 is 0 Å². The van der Waals surface area contributed by atoms with Crippen LogP contribution in [0.5, 0.6) is 0 Å². The molecule has 0 saturated carbocycles. The number of anilines is 1. The summed E-state index contributed by atoms with van der Waals surface area (Å²) in [5, 5.41) is 5.56. The van der Waals surface area contributed by atoms with Crippen LogP contribution in [0.4, 0.5) is 5.69 Å². The van der Waals surface area contributed by atoms with Gasteiger partial charge in [-0.05, 0) is 57.2 Å². The van der Waals surface area contributed by atoms with Crippen LogP contribution in [0.25, 0.3) is 0 Å². The lowest BCUT2D eigenvalue weighted by Crippen LogP contribution is -2.41. The quantitative estimate of drug-likeness (QED) is 0.860. The summed E-state index contributed by atoms with van der Waals surface area (Å²) in [4.78, 5) is 28.5. The molecular weight excluding hydrogens is 358 g/mol. The molecule has 0 aliphatic heterocycles. The fourth-order valence-corrected chi connectivity index (χ4v) is 2.08. The molecule has 1 heterocycles. The summed E-state index contributed by atoms with van der Waals surface area (Å²) in [6.07, 6.45) is 0. The van der Waals surface area contributed by atoms with Crippen molar-refractivity contribution in [2.75, 3.05) is 5.32 Å². The molecule has 120 valence electrons. The molecule has 2 rings (SSSR count). The first-order valence-electron chi connectivity index (χ1n) is 7.11. The standard InChI is InChI=1S/C17H18BrN3O2/c1-17(2,3)21-16(23)14-6-4-5-13(20-14)15(22)19-12-9-7-11(18)8-10-12/h4-10H,1-3H3,(H,19,22)(H,21,23). The molecule has 6 heteroatoms. The third kappa shape index (κ3) is 5.17. The zero-order valence-corrected chi connectivity index (χ0v) is 14.8. The molecule has 0 aliphatic carbocycles. The van der Waals surface area contributed by atoms with Gasteiger partial charge in [-0.2, -0.15) is 0 Å². The third-order valence-corrected chi connectivity index (χ3v) is 3.33. The van der Waals surface area contributed by atoms with Crippen LogP contribution < -0.4 is 10.6 Å². The van der Waals surface area contributed by atoms with E-state index in [1.54, 1.807) is 30.3 Å². The highest BCUT2D eigenvalue weighted by Crippen LogP contribution is 2.15. The van der Waals surface area contributed by atoms with Crippen LogP contribution in [0.3, 0.4) is 0 Å². The molecule has 0 fully saturated rings. The molecule has 0 atom stereocenters. The molecular formula is C17H18BrN3O2. The van der Waals surface area contributed by atoms with Gasteiger partial charge in [0.15, 0.2) is 0 Å². The molecule has 0 bridgehead atoms. The molecule has 0 spiro atoms. The minimum absolute atomic E-state index is 0.189. The summed E-state index contributed by atoms with van der Waals surface area (Å²) in [5.41, 5.74) is 0.691. The highest BCUT2D eigenvalue weighted by atomic mass is 79.9. The number of amides is 2. The van der Waals surface area contributed by atoms with Crippen molar-refractivity contribution >= 4 is 33.4 Å². The van der Waals surface area contributed by atoms with Crippen molar-refractivity contribution in [3.63, 3.8) is 0 Å². The number of nitrogens with one attached hydrogen (secondary N) is 2. The van der Waals surface area contributed by atoms with Crippen LogP contribution in [-0.2, 0) is 0 Å². The Kier molecular flexibility index (Phi) is 5.15. The maximum absolute atomic E-state index is 12.2. The van der Waals surface area contributed by atoms with Crippen molar-refractivity contribution in [2.24, 2.45) is 0 Å². The van der Waals surface area contributed by atoms with Gasteiger partial charge < -0.3 is 10.6 Å². The number of nitrogens with zero attached hydrogens (tertiary/aromatic N) is 1. The molecule has 0 aliphatic rings. The Morgan fingerprint density at radius 2 is 1.52 bits per heavy atom. The van der Waals surface area contributed by atoms with E-state index in [1.165, 1.54) is 0 Å². The molecule has 2 aromatic rings. The monoisotopic (exact) mass is 375 g/mol. The fourth-order valence-electron chi connectivity index (χ4n) is 1.82. The number of hydrogen-bond acceptors (Lipinski definition) is 3. The maximum Gasteiger partial charge on any atom is 0.274 e. The number of pyridine rings is 1. The molecule has 2 N–H and O–H groups in total. The van der Waals surface area contributed by atoms with Gasteiger partial charge in [0, 0.05) is 15.7 Å². The van der Waals surface area contributed by atoms with Gasteiger partial charge in [-0.3, -0.25) is 9.59 Å².